The fourth-order valence-corrected chi connectivity index (χ4v) is 4.49. The first-order chi connectivity index (χ1) is 15.1. The number of carbonyl (C=O) groups is 1. The molecule has 1 fully saturated rings. The van der Waals surface area contributed by atoms with Crippen molar-refractivity contribution in [3.05, 3.63) is 59.1 Å². The fourth-order valence-electron chi connectivity index (χ4n) is 4.31. The van der Waals surface area contributed by atoms with Gasteiger partial charge in [-0.1, -0.05) is 29.8 Å². The maximum absolute atomic E-state index is 13.3. The van der Waals surface area contributed by atoms with Crippen molar-refractivity contribution in [2.45, 2.75) is 0 Å². The molecule has 0 saturated carbocycles. The molecule has 2 aromatic heterocycles. The maximum atomic E-state index is 13.3. The van der Waals surface area contributed by atoms with Crippen LogP contribution in [0.1, 0.15) is 10.4 Å². The number of piperazine rings is 1. The molecule has 0 aliphatic carbocycles. The average molecular weight is 436 g/mol. The van der Waals surface area contributed by atoms with E-state index >= 15 is 0 Å². The minimum atomic E-state index is -0.0572. The Morgan fingerprint density at radius 1 is 1.03 bits per heavy atom. The lowest BCUT2D eigenvalue weighted by Gasteiger charge is -2.32. The van der Waals surface area contributed by atoms with Crippen LogP contribution in [0.15, 0.2) is 48.5 Å². The highest BCUT2D eigenvalue weighted by Gasteiger charge is 2.21. The second-order valence-electron chi connectivity index (χ2n) is 8.24. The normalized spacial score (nSPS) is 15.7. The van der Waals surface area contributed by atoms with Crippen LogP contribution in [0, 0.1) is 0 Å². The van der Waals surface area contributed by atoms with E-state index in [1.807, 2.05) is 48.5 Å². The Morgan fingerprint density at radius 3 is 2.68 bits per heavy atom. The topological polar surface area (TPSA) is 67.2 Å². The summed E-state index contributed by atoms with van der Waals surface area (Å²) in [7, 11) is 2.15. The third kappa shape index (κ3) is 4.06. The quantitative estimate of drug-likeness (QED) is 0.444. The molecule has 3 heterocycles. The third-order valence-electron chi connectivity index (χ3n) is 6.09. The van der Waals surface area contributed by atoms with Gasteiger partial charge in [-0.05, 0) is 37.4 Å². The maximum Gasteiger partial charge on any atom is 0.254 e. The SMILES string of the molecule is CN1CCN(CCNC(=O)c2c(-c3cc4cc(Cl)ccc4[nH]3)[nH]c3ccccc23)CC1. The Morgan fingerprint density at radius 2 is 1.84 bits per heavy atom. The summed E-state index contributed by atoms with van der Waals surface area (Å²) in [5, 5.41) is 5.77. The van der Waals surface area contributed by atoms with Crippen molar-refractivity contribution in [3.63, 3.8) is 0 Å². The molecule has 0 radical (unpaired) electrons. The summed E-state index contributed by atoms with van der Waals surface area (Å²) < 4.78 is 0. The largest absolute Gasteiger partial charge is 0.353 e. The number of H-pyrrole nitrogens is 2. The van der Waals surface area contributed by atoms with Crippen LogP contribution in [0.25, 0.3) is 33.2 Å². The predicted octanol–water partition coefficient (Wildman–Crippen LogP) is 3.95. The predicted molar refractivity (Wildman–Crippen MR) is 127 cm³/mol. The number of nitrogens with one attached hydrogen (secondary N) is 3. The monoisotopic (exact) mass is 435 g/mol. The number of aromatic amines is 2. The average Bonchev–Trinajstić information content (AvgIpc) is 3.36. The summed E-state index contributed by atoms with van der Waals surface area (Å²) in [5.74, 6) is -0.0572. The Kier molecular flexibility index (Phi) is 5.44. The van der Waals surface area contributed by atoms with Crippen LogP contribution in [0.5, 0.6) is 0 Å². The Hall–Kier alpha value is -2.80. The summed E-state index contributed by atoms with van der Waals surface area (Å²) in [5.41, 5.74) is 4.27. The van der Waals surface area contributed by atoms with Gasteiger partial charge < -0.3 is 20.2 Å². The molecular formula is C24H26ClN5O. The minimum Gasteiger partial charge on any atom is -0.353 e. The van der Waals surface area contributed by atoms with Gasteiger partial charge in [-0.2, -0.15) is 0 Å². The van der Waals surface area contributed by atoms with Gasteiger partial charge in [0.15, 0.2) is 0 Å². The number of amides is 1. The van der Waals surface area contributed by atoms with Crippen molar-refractivity contribution in [1.82, 2.24) is 25.1 Å². The van der Waals surface area contributed by atoms with E-state index in [0.29, 0.717) is 17.1 Å². The molecule has 4 aromatic rings. The highest BCUT2D eigenvalue weighted by Crippen LogP contribution is 2.32. The van der Waals surface area contributed by atoms with E-state index in [1.165, 1.54) is 0 Å². The molecule has 1 amide bonds. The van der Waals surface area contributed by atoms with Crippen LogP contribution in [-0.4, -0.2) is 72.0 Å². The summed E-state index contributed by atoms with van der Waals surface area (Å²) in [6, 6.07) is 15.7. The van der Waals surface area contributed by atoms with Crippen molar-refractivity contribution in [2.75, 3.05) is 46.3 Å². The molecule has 31 heavy (non-hydrogen) atoms. The molecule has 0 unspecified atom stereocenters. The molecule has 2 aromatic carbocycles. The Balaban J connectivity index is 1.42. The number of fused-ring (bicyclic) bond motifs is 2. The molecule has 1 aliphatic rings. The van der Waals surface area contributed by atoms with E-state index < -0.39 is 0 Å². The second-order valence-corrected chi connectivity index (χ2v) is 8.67. The van der Waals surface area contributed by atoms with E-state index in [1.54, 1.807) is 0 Å². The van der Waals surface area contributed by atoms with Gasteiger partial charge in [0.05, 0.1) is 17.0 Å². The first kappa shape index (κ1) is 20.1. The van der Waals surface area contributed by atoms with Crippen LogP contribution in [0.2, 0.25) is 5.02 Å². The molecule has 160 valence electrons. The van der Waals surface area contributed by atoms with Crippen molar-refractivity contribution in [1.29, 1.82) is 0 Å². The Bertz CT molecular complexity index is 1240. The molecule has 6 nitrogen and oxygen atoms in total. The van der Waals surface area contributed by atoms with E-state index in [2.05, 4.69) is 32.1 Å². The number of benzene rings is 2. The lowest BCUT2D eigenvalue weighted by molar-refractivity contribution is 0.0943. The molecule has 5 rings (SSSR count). The number of hydrogen-bond donors (Lipinski definition) is 3. The van der Waals surface area contributed by atoms with Crippen LogP contribution in [-0.2, 0) is 0 Å². The number of rotatable bonds is 5. The van der Waals surface area contributed by atoms with Crippen LogP contribution in [0.3, 0.4) is 0 Å². The zero-order valence-electron chi connectivity index (χ0n) is 17.5. The number of hydrogen-bond acceptors (Lipinski definition) is 3. The fraction of sp³-hybridized carbons (Fsp3) is 0.292. The smallest absolute Gasteiger partial charge is 0.254 e. The number of nitrogens with zero attached hydrogens (tertiary/aromatic N) is 2. The number of likely N-dealkylation sites (N-methyl/N-ethyl adjacent to an activating group) is 1. The minimum absolute atomic E-state index is 0.0572. The molecule has 1 aliphatic heterocycles. The van der Waals surface area contributed by atoms with Crippen molar-refractivity contribution in [2.24, 2.45) is 0 Å². The van der Waals surface area contributed by atoms with Gasteiger partial charge in [0.2, 0.25) is 0 Å². The van der Waals surface area contributed by atoms with Crippen molar-refractivity contribution in [3.8, 4) is 11.4 Å². The molecular weight excluding hydrogens is 410 g/mol. The molecule has 1 saturated heterocycles. The van der Waals surface area contributed by atoms with Gasteiger partial charge >= 0.3 is 0 Å². The van der Waals surface area contributed by atoms with Crippen molar-refractivity contribution >= 4 is 39.3 Å². The summed E-state index contributed by atoms with van der Waals surface area (Å²) in [6.07, 6.45) is 0. The second kappa shape index (κ2) is 8.38. The molecule has 3 N–H and O–H groups in total. The van der Waals surface area contributed by atoms with Crippen molar-refractivity contribution < 1.29 is 4.79 Å². The first-order valence-corrected chi connectivity index (χ1v) is 11.0. The summed E-state index contributed by atoms with van der Waals surface area (Å²) in [6.45, 7) is 5.73. The third-order valence-corrected chi connectivity index (χ3v) is 6.33. The van der Waals surface area contributed by atoms with Gasteiger partial charge in [0, 0.05) is 66.1 Å². The number of halogens is 1. The Labute approximate surface area is 186 Å². The zero-order valence-corrected chi connectivity index (χ0v) is 18.3. The summed E-state index contributed by atoms with van der Waals surface area (Å²) in [4.78, 5) is 24.9. The van der Waals surface area contributed by atoms with E-state index in [-0.39, 0.29) is 5.91 Å². The van der Waals surface area contributed by atoms with Crippen LogP contribution in [0.4, 0.5) is 0 Å². The molecule has 0 bridgehead atoms. The molecule has 7 heteroatoms. The lowest BCUT2D eigenvalue weighted by Crippen LogP contribution is -2.46. The van der Waals surface area contributed by atoms with Gasteiger partial charge in [0.1, 0.15) is 0 Å². The zero-order chi connectivity index (χ0) is 21.4. The number of para-hydroxylation sites is 1. The first-order valence-electron chi connectivity index (χ1n) is 10.7. The highest BCUT2D eigenvalue weighted by atomic mass is 35.5. The van der Waals surface area contributed by atoms with Crippen LogP contribution < -0.4 is 5.32 Å². The molecule has 0 atom stereocenters. The van der Waals surface area contributed by atoms with Gasteiger partial charge in [-0.3, -0.25) is 9.69 Å². The summed E-state index contributed by atoms with van der Waals surface area (Å²) >= 11 is 6.16. The standard InChI is InChI=1S/C24H26ClN5O/c1-29-10-12-30(13-11-29)9-8-26-24(31)22-18-4-2-3-5-20(18)28-23(22)21-15-16-14-17(25)6-7-19(16)27-21/h2-7,14-15,27-28H,8-13H2,1H3,(H,26,31). The van der Waals surface area contributed by atoms with Gasteiger partial charge in [-0.25, -0.2) is 0 Å². The van der Waals surface area contributed by atoms with E-state index in [4.69, 9.17) is 11.6 Å². The van der Waals surface area contributed by atoms with Gasteiger partial charge in [-0.15, -0.1) is 0 Å². The van der Waals surface area contributed by atoms with E-state index in [0.717, 1.165) is 65.9 Å². The number of aromatic nitrogens is 2. The van der Waals surface area contributed by atoms with Gasteiger partial charge in [0.25, 0.3) is 5.91 Å². The number of carbonyl (C=O) groups excluding carboxylic acids is 1. The van der Waals surface area contributed by atoms with E-state index in [9.17, 15) is 4.79 Å². The van der Waals surface area contributed by atoms with Crippen LogP contribution >= 0.6 is 11.6 Å². The highest BCUT2D eigenvalue weighted by molar-refractivity contribution is 6.31. The molecule has 0 spiro atoms. The lowest BCUT2D eigenvalue weighted by atomic mass is 10.1.